The molecule has 30 heavy (non-hydrogen) atoms. The minimum atomic E-state index is -0.0971. The summed E-state index contributed by atoms with van der Waals surface area (Å²) in [6, 6.07) is 5.95. The van der Waals surface area contributed by atoms with Gasteiger partial charge in [-0.3, -0.25) is 4.79 Å². The summed E-state index contributed by atoms with van der Waals surface area (Å²) in [7, 11) is 0. The molecule has 0 spiro atoms. The third kappa shape index (κ3) is 4.30. The topological polar surface area (TPSA) is 84.7 Å². The van der Waals surface area contributed by atoms with Crippen molar-refractivity contribution < 1.29 is 9.53 Å². The van der Waals surface area contributed by atoms with Crippen LogP contribution in [0.1, 0.15) is 17.0 Å². The van der Waals surface area contributed by atoms with E-state index in [0.29, 0.717) is 24.1 Å². The van der Waals surface area contributed by atoms with Crippen LogP contribution in [-0.4, -0.2) is 58.0 Å². The highest BCUT2D eigenvalue weighted by molar-refractivity contribution is 9.10. The van der Waals surface area contributed by atoms with Gasteiger partial charge < -0.3 is 15.0 Å². The van der Waals surface area contributed by atoms with E-state index in [1.165, 1.54) is 11.8 Å². The van der Waals surface area contributed by atoms with Crippen molar-refractivity contribution in [3.8, 4) is 0 Å². The fraction of sp³-hybridized carbons (Fsp3) is 0.400. The van der Waals surface area contributed by atoms with E-state index < -0.39 is 0 Å². The Morgan fingerprint density at radius 1 is 1.27 bits per heavy atom. The number of hydrogen-bond acceptors (Lipinski definition) is 7. The first-order valence-corrected chi connectivity index (χ1v) is 11.7. The molecule has 1 aliphatic heterocycles. The fourth-order valence-electron chi connectivity index (χ4n) is 3.58. The monoisotopic (exact) mass is 490 g/mol. The van der Waals surface area contributed by atoms with Crippen LogP contribution in [0, 0.1) is 13.8 Å². The molecule has 1 aromatic carbocycles. The SMILES string of the molecule is CSc1nc2nc(C)c(CC(=O)Nc3cc(Br)ccc3N3CCOCC3)c(C)n2n1. The van der Waals surface area contributed by atoms with Gasteiger partial charge in [-0.2, -0.15) is 4.98 Å². The van der Waals surface area contributed by atoms with Crippen molar-refractivity contribution in [3.05, 3.63) is 39.6 Å². The number of carbonyl (C=O) groups excluding carboxylic acids is 1. The van der Waals surface area contributed by atoms with Gasteiger partial charge in [0.1, 0.15) is 0 Å². The van der Waals surface area contributed by atoms with E-state index in [2.05, 4.69) is 41.2 Å². The smallest absolute Gasteiger partial charge is 0.253 e. The predicted molar refractivity (Wildman–Crippen MR) is 122 cm³/mol. The van der Waals surface area contributed by atoms with Gasteiger partial charge in [-0.1, -0.05) is 27.7 Å². The van der Waals surface area contributed by atoms with E-state index in [1.54, 1.807) is 4.52 Å². The third-order valence-electron chi connectivity index (χ3n) is 5.13. The van der Waals surface area contributed by atoms with Gasteiger partial charge in [0.05, 0.1) is 31.0 Å². The van der Waals surface area contributed by atoms with Crippen molar-refractivity contribution in [2.75, 3.05) is 42.8 Å². The van der Waals surface area contributed by atoms with Crippen LogP contribution in [0.25, 0.3) is 5.78 Å². The van der Waals surface area contributed by atoms with Crippen LogP contribution in [-0.2, 0) is 16.0 Å². The highest BCUT2D eigenvalue weighted by atomic mass is 79.9. The number of ether oxygens (including phenoxy) is 1. The summed E-state index contributed by atoms with van der Waals surface area (Å²) in [5.74, 6) is 0.459. The predicted octanol–water partition coefficient (Wildman–Crippen LogP) is 3.24. The Kier molecular flexibility index (Phi) is 6.26. The molecule has 4 rings (SSSR count). The number of rotatable bonds is 5. The van der Waals surface area contributed by atoms with E-state index in [-0.39, 0.29) is 12.3 Å². The van der Waals surface area contributed by atoms with Gasteiger partial charge in [-0.05, 0) is 38.3 Å². The number of fused-ring (bicyclic) bond motifs is 1. The molecule has 0 radical (unpaired) electrons. The van der Waals surface area contributed by atoms with Crippen LogP contribution in [0.2, 0.25) is 0 Å². The second-order valence-corrected chi connectivity index (χ2v) is 8.75. The molecule has 1 saturated heterocycles. The molecule has 8 nitrogen and oxygen atoms in total. The zero-order valence-electron chi connectivity index (χ0n) is 17.1. The zero-order chi connectivity index (χ0) is 21.3. The largest absolute Gasteiger partial charge is 0.378 e. The first kappa shape index (κ1) is 21.1. The van der Waals surface area contributed by atoms with E-state index in [1.807, 2.05) is 38.3 Å². The normalized spacial score (nSPS) is 14.3. The van der Waals surface area contributed by atoms with E-state index in [9.17, 15) is 4.79 Å². The number of nitrogens with one attached hydrogen (secondary N) is 1. The number of carbonyl (C=O) groups is 1. The molecular weight excluding hydrogens is 468 g/mol. The van der Waals surface area contributed by atoms with E-state index >= 15 is 0 Å². The lowest BCUT2D eigenvalue weighted by molar-refractivity contribution is -0.115. The van der Waals surface area contributed by atoms with Crippen molar-refractivity contribution in [1.82, 2.24) is 19.6 Å². The number of amides is 1. The van der Waals surface area contributed by atoms with Crippen LogP contribution in [0.15, 0.2) is 27.8 Å². The number of nitrogens with zero attached hydrogens (tertiary/aromatic N) is 5. The van der Waals surface area contributed by atoms with Gasteiger partial charge in [-0.25, -0.2) is 9.50 Å². The van der Waals surface area contributed by atoms with Gasteiger partial charge >= 0.3 is 0 Å². The number of anilines is 2. The summed E-state index contributed by atoms with van der Waals surface area (Å²) < 4.78 is 8.08. The number of benzene rings is 1. The molecule has 1 aliphatic rings. The molecule has 1 amide bonds. The number of aromatic nitrogens is 4. The van der Waals surface area contributed by atoms with Crippen LogP contribution in [0.4, 0.5) is 11.4 Å². The average molecular weight is 491 g/mol. The second kappa shape index (κ2) is 8.91. The molecule has 0 saturated carbocycles. The molecule has 1 fully saturated rings. The van der Waals surface area contributed by atoms with Gasteiger partial charge in [0.2, 0.25) is 11.1 Å². The summed E-state index contributed by atoms with van der Waals surface area (Å²) in [6.45, 7) is 6.82. The van der Waals surface area contributed by atoms with Crippen LogP contribution >= 0.6 is 27.7 Å². The summed E-state index contributed by atoms with van der Waals surface area (Å²) in [6.07, 6.45) is 2.14. The van der Waals surface area contributed by atoms with Crippen molar-refractivity contribution in [1.29, 1.82) is 0 Å². The molecule has 158 valence electrons. The Labute approximate surface area is 187 Å². The lowest BCUT2D eigenvalue weighted by Crippen LogP contribution is -2.36. The minimum Gasteiger partial charge on any atom is -0.378 e. The highest BCUT2D eigenvalue weighted by Crippen LogP contribution is 2.30. The Hall–Kier alpha value is -2.17. The van der Waals surface area contributed by atoms with Gasteiger partial charge in [-0.15, -0.1) is 5.10 Å². The molecule has 0 atom stereocenters. The number of halogens is 1. The van der Waals surface area contributed by atoms with Crippen molar-refractivity contribution in [3.63, 3.8) is 0 Å². The Balaban J connectivity index is 1.59. The molecule has 3 heterocycles. The summed E-state index contributed by atoms with van der Waals surface area (Å²) >= 11 is 4.98. The van der Waals surface area contributed by atoms with E-state index in [4.69, 9.17) is 4.74 Å². The minimum absolute atomic E-state index is 0.0971. The molecule has 3 aromatic rings. The Bertz CT molecular complexity index is 1100. The molecule has 0 unspecified atom stereocenters. The number of morpholine rings is 1. The molecule has 2 aromatic heterocycles. The molecule has 1 N–H and O–H groups in total. The average Bonchev–Trinajstić information content (AvgIpc) is 3.15. The maximum atomic E-state index is 13.0. The van der Waals surface area contributed by atoms with Crippen LogP contribution < -0.4 is 10.2 Å². The zero-order valence-corrected chi connectivity index (χ0v) is 19.5. The maximum absolute atomic E-state index is 13.0. The first-order valence-electron chi connectivity index (χ1n) is 9.65. The highest BCUT2D eigenvalue weighted by Gasteiger charge is 2.19. The standard InChI is InChI=1S/C20H23BrN6O2S/c1-12-15(13(2)27-19(22-12)24-20(25-27)30-3)11-18(28)23-16-10-14(21)4-5-17(16)26-6-8-29-9-7-26/h4-5,10H,6-9,11H2,1-3H3,(H,23,28). The third-order valence-corrected chi connectivity index (χ3v) is 6.17. The van der Waals surface area contributed by atoms with E-state index in [0.717, 1.165) is 45.9 Å². The van der Waals surface area contributed by atoms with Gasteiger partial charge in [0.25, 0.3) is 5.78 Å². The molecule has 10 heteroatoms. The van der Waals surface area contributed by atoms with Crippen LogP contribution in [0.3, 0.4) is 0 Å². The van der Waals surface area contributed by atoms with Crippen molar-refractivity contribution >= 4 is 50.8 Å². The summed E-state index contributed by atoms with van der Waals surface area (Å²) in [4.78, 5) is 24.1. The number of aryl methyl sites for hydroxylation is 2. The molecule has 0 bridgehead atoms. The molecule has 0 aliphatic carbocycles. The summed E-state index contributed by atoms with van der Waals surface area (Å²) in [5, 5.41) is 8.21. The quantitative estimate of drug-likeness (QED) is 0.549. The Morgan fingerprint density at radius 2 is 2.03 bits per heavy atom. The summed E-state index contributed by atoms with van der Waals surface area (Å²) in [5.41, 5.74) is 4.31. The van der Waals surface area contributed by atoms with Gasteiger partial charge in [0.15, 0.2) is 0 Å². The maximum Gasteiger partial charge on any atom is 0.253 e. The lowest BCUT2D eigenvalue weighted by atomic mass is 10.1. The lowest BCUT2D eigenvalue weighted by Gasteiger charge is -2.30. The first-order chi connectivity index (χ1) is 14.5. The molecular formula is C20H23BrN6O2S. The fourth-order valence-corrected chi connectivity index (χ4v) is 4.27. The van der Waals surface area contributed by atoms with Crippen molar-refractivity contribution in [2.45, 2.75) is 25.4 Å². The van der Waals surface area contributed by atoms with Crippen LogP contribution in [0.5, 0.6) is 0 Å². The number of hydrogen-bond donors (Lipinski definition) is 1. The van der Waals surface area contributed by atoms with Gasteiger partial charge in [0, 0.05) is 34.5 Å². The second-order valence-electron chi connectivity index (χ2n) is 7.06. The van der Waals surface area contributed by atoms with Crippen molar-refractivity contribution in [2.24, 2.45) is 0 Å². The number of thioether (sulfide) groups is 1. The Morgan fingerprint density at radius 3 is 2.77 bits per heavy atom.